The first-order chi connectivity index (χ1) is 18.7. The van der Waals surface area contributed by atoms with Gasteiger partial charge in [0.2, 0.25) is 11.9 Å². The molecule has 0 fully saturated rings. The number of hydrogen-bond donors (Lipinski definition) is 2. The van der Waals surface area contributed by atoms with Crippen LogP contribution >= 0.6 is 12.4 Å². The van der Waals surface area contributed by atoms with Crippen LogP contribution in [0.5, 0.6) is 0 Å². The van der Waals surface area contributed by atoms with Gasteiger partial charge in [-0.3, -0.25) is 0 Å². The van der Waals surface area contributed by atoms with E-state index in [0.29, 0.717) is 24.1 Å². The fourth-order valence-corrected chi connectivity index (χ4v) is 5.51. The molecule has 0 saturated heterocycles. The van der Waals surface area contributed by atoms with Crippen LogP contribution in [0.15, 0.2) is 79.0 Å². The molecule has 3 N–H and O–H groups in total. The highest BCUT2D eigenvalue weighted by Gasteiger charge is 2.19. The van der Waals surface area contributed by atoms with Gasteiger partial charge in [-0.25, -0.2) is 18.4 Å². The third-order valence-electron chi connectivity index (χ3n) is 6.56. The van der Waals surface area contributed by atoms with Gasteiger partial charge in [-0.15, -0.1) is 12.4 Å². The lowest BCUT2D eigenvalue weighted by Crippen LogP contribution is -2.15. The molecule has 2 heterocycles. The zero-order chi connectivity index (χ0) is 27.6. The first kappa shape index (κ1) is 28.8. The van der Waals surface area contributed by atoms with E-state index in [1.54, 1.807) is 18.3 Å². The Morgan fingerprint density at radius 2 is 1.68 bits per heavy atom. The monoisotopic (exact) mass is 577 g/mol. The standard InChI is InChI=1S/C29H31N7O2S.ClH/c1-4-36-25-15-14-24(23(27(25)34-28(36)30)18-20-8-6-5-7-9-20)35(2)26-16-17-31-29(33-26)32-22-12-10-21(11-13-22)19-39(3,37)38;/h5-17H,4,18-19H2,1-3H3,(H2,30,34)(H,31,32,33);1H. The lowest BCUT2D eigenvalue weighted by Gasteiger charge is -2.23. The second-order valence-corrected chi connectivity index (χ2v) is 11.6. The zero-order valence-corrected chi connectivity index (χ0v) is 24.2. The number of nitrogens with two attached hydrogens (primary N) is 1. The second-order valence-electron chi connectivity index (χ2n) is 9.50. The molecule has 0 radical (unpaired) electrons. The summed E-state index contributed by atoms with van der Waals surface area (Å²) in [5.74, 6) is 1.64. The van der Waals surface area contributed by atoms with Gasteiger partial charge >= 0.3 is 0 Å². The van der Waals surface area contributed by atoms with E-state index in [-0.39, 0.29) is 18.2 Å². The molecule has 0 saturated carbocycles. The largest absolute Gasteiger partial charge is 0.369 e. The number of halogens is 1. The van der Waals surface area contributed by atoms with Crippen molar-refractivity contribution in [1.29, 1.82) is 0 Å². The maximum atomic E-state index is 11.6. The number of nitrogen functional groups attached to an aromatic ring is 1. The van der Waals surface area contributed by atoms with Crippen LogP contribution in [-0.4, -0.2) is 41.2 Å². The first-order valence-electron chi connectivity index (χ1n) is 12.6. The van der Waals surface area contributed by atoms with Crippen LogP contribution in [0.3, 0.4) is 0 Å². The molecule has 40 heavy (non-hydrogen) atoms. The van der Waals surface area contributed by atoms with Crippen molar-refractivity contribution in [2.75, 3.05) is 29.3 Å². The van der Waals surface area contributed by atoms with Gasteiger partial charge < -0.3 is 20.5 Å². The van der Waals surface area contributed by atoms with Crippen LogP contribution < -0.4 is 16.0 Å². The number of imidazole rings is 1. The number of nitrogens with one attached hydrogen (secondary N) is 1. The molecule has 208 valence electrons. The van der Waals surface area contributed by atoms with E-state index in [0.717, 1.165) is 40.1 Å². The Labute approximate surface area is 240 Å². The molecule has 0 unspecified atom stereocenters. The fraction of sp³-hybridized carbons (Fsp3) is 0.207. The summed E-state index contributed by atoms with van der Waals surface area (Å²) in [7, 11) is -1.12. The molecule has 2 aromatic heterocycles. The van der Waals surface area contributed by atoms with E-state index >= 15 is 0 Å². The summed E-state index contributed by atoms with van der Waals surface area (Å²) in [6.07, 6.45) is 3.62. The predicted octanol–water partition coefficient (Wildman–Crippen LogP) is 5.50. The van der Waals surface area contributed by atoms with E-state index in [9.17, 15) is 8.42 Å². The van der Waals surface area contributed by atoms with Gasteiger partial charge in [0.25, 0.3) is 0 Å². The topological polar surface area (TPSA) is 119 Å². The molecule has 0 spiro atoms. The van der Waals surface area contributed by atoms with Crippen molar-refractivity contribution < 1.29 is 8.42 Å². The summed E-state index contributed by atoms with van der Waals surface area (Å²) in [5.41, 5.74) is 12.9. The molecule has 0 aliphatic heterocycles. The van der Waals surface area contributed by atoms with Crippen LogP contribution in [0.1, 0.15) is 23.6 Å². The molecular formula is C29H32ClN7O2S. The van der Waals surface area contributed by atoms with Crippen molar-refractivity contribution in [2.45, 2.75) is 25.6 Å². The number of aryl methyl sites for hydroxylation is 1. The summed E-state index contributed by atoms with van der Waals surface area (Å²) >= 11 is 0. The third kappa shape index (κ3) is 6.35. The molecule has 0 aliphatic carbocycles. The van der Waals surface area contributed by atoms with Gasteiger partial charge in [0.05, 0.1) is 16.8 Å². The van der Waals surface area contributed by atoms with Crippen LogP contribution in [0, 0.1) is 0 Å². The van der Waals surface area contributed by atoms with Gasteiger partial charge in [0.1, 0.15) is 5.82 Å². The van der Waals surface area contributed by atoms with Gasteiger partial charge in [0.15, 0.2) is 9.84 Å². The third-order valence-corrected chi connectivity index (χ3v) is 7.41. The normalized spacial score (nSPS) is 11.3. The highest BCUT2D eigenvalue weighted by Crippen LogP contribution is 2.34. The van der Waals surface area contributed by atoms with E-state index < -0.39 is 9.84 Å². The lowest BCUT2D eigenvalue weighted by molar-refractivity contribution is 0.601. The molecule has 5 aromatic rings. The zero-order valence-electron chi connectivity index (χ0n) is 22.6. The number of anilines is 5. The number of nitrogens with zero attached hydrogens (tertiary/aromatic N) is 5. The predicted molar refractivity (Wildman–Crippen MR) is 165 cm³/mol. The number of benzene rings is 3. The smallest absolute Gasteiger partial charge is 0.229 e. The number of hydrogen-bond acceptors (Lipinski definition) is 8. The molecule has 0 bridgehead atoms. The minimum absolute atomic E-state index is 0. The molecule has 0 amide bonds. The summed E-state index contributed by atoms with van der Waals surface area (Å²) in [6.45, 7) is 2.79. The van der Waals surface area contributed by atoms with Gasteiger partial charge in [-0.05, 0) is 48.4 Å². The SMILES string of the molecule is CCn1c(N)nc2c(Cc3ccccc3)c(N(C)c3ccnc(Nc4ccc(CS(C)(=O)=O)cc4)n3)ccc21.Cl. The molecule has 9 nitrogen and oxygen atoms in total. The van der Waals surface area contributed by atoms with Crippen molar-refractivity contribution in [3.63, 3.8) is 0 Å². The molecular weight excluding hydrogens is 546 g/mol. The van der Waals surface area contributed by atoms with Gasteiger partial charge in [0, 0.05) is 49.4 Å². The highest BCUT2D eigenvalue weighted by molar-refractivity contribution is 7.89. The second kappa shape index (κ2) is 11.9. The molecule has 3 aromatic carbocycles. The van der Waals surface area contributed by atoms with Crippen molar-refractivity contribution in [3.8, 4) is 0 Å². The van der Waals surface area contributed by atoms with Crippen molar-refractivity contribution in [2.24, 2.45) is 0 Å². The Morgan fingerprint density at radius 1 is 0.950 bits per heavy atom. The number of sulfone groups is 1. The quantitative estimate of drug-likeness (QED) is 0.236. The average Bonchev–Trinajstić information content (AvgIpc) is 3.25. The maximum Gasteiger partial charge on any atom is 0.229 e. The van der Waals surface area contributed by atoms with E-state index in [1.165, 1.54) is 11.8 Å². The molecule has 5 rings (SSSR count). The summed E-state index contributed by atoms with van der Waals surface area (Å²) in [4.78, 5) is 15.9. The van der Waals surface area contributed by atoms with Crippen LogP contribution in [0.25, 0.3) is 11.0 Å². The van der Waals surface area contributed by atoms with Gasteiger partial charge in [-0.1, -0.05) is 42.5 Å². The lowest BCUT2D eigenvalue weighted by atomic mass is 10.0. The Balaban J connectivity index is 0.00000370. The molecule has 0 atom stereocenters. The van der Waals surface area contributed by atoms with Crippen molar-refractivity contribution in [3.05, 3.63) is 95.7 Å². The van der Waals surface area contributed by atoms with Crippen LogP contribution in [0.4, 0.5) is 29.1 Å². The fourth-order valence-electron chi connectivity index (χ4n) is 4.71. The summed E-state index contributed by atoms with van der Waals surface area (Å²) < 4.78 is 25.2. The number of fused-ring (bicyclic) bond motifs is 1. The highest BCUT2D eigenvalue weighted by atomic mass is 35.5. The van der Waals surface area contributed by atoms with Crippen LogP contribution in [0.2, 0.25) is 0 Å². The first-order valence-corrected chi connectivity index (χ1v) is 14.7. The Kier molecular flexibility index (Phi) is 8.61. The van der Waals surface area contributed by atoms with E-state index in [1.807, 2.05) is 52.9 Å². The summed E-state index contributed by atoms with van der Waals surface area (Å²) in [6, 6.07) is 23.5. The summed E-state index contributed by atoms with van der Waals surface area (Å²) in [5, 5.41) is 3.21. The van der Waals surface area contributed by atoms with E-state index in [2.05, 4.69) is 41.5 Å². The van der Waals surface area contributed by atoms with E-state index in [4.69, 9.17) is 15.7 Å². The Bertz CT molecular complexity index is 1720. The minimum Gasteiger partial charge on any atom is -0.369 e. The number of rotatable bonds is 9. The maximum absolute atomic E-state index is 11.6. The van der Waals surface area contributed by atoms with Gasteiger partial charge in [-0.2, -0.15) is 4.98 Å². The van der Waals surface area contributed by atoms with Crippen molar-refractivity contribution >= 4 is 62.4 Å². The van der Waals surface area contributed by atoms with Crippen LogP contribution in [-0.2, 0) is 28.6 Å². The average molecular weight is 578 g/mol. The molecule has 0 aliphatic rings. The minimum atomic E-state index is -3.09. The Hall–Kier alpha value is -4.15. The Morgan fingerprint density at radius 3 is 2.35 bits per heavy atom. The number of aromatic nitrogens is 4. The molecule has 11 heteroatoms. The van der Waals surface area contributed by atoms with Crippen molar-refractivity contribution in [1.82, 2.24) is 19.5 Å².